The van der Waals surface area contributed by atoms with Crippen molar-refractivity contribution in [1.82, 2.24) is 5.32 Å². The first-order chi connectivity index (χ1) is 8.38. The summed E-state index contributed by atoms with van der Waals surface area (Å²) >= 11 is 0. The highest BCUT2D eigenvalue weighted by Gasteiger charge is 2.20. The Hall–Kier alpha value is -0.860. The fraction of sp³-hybridized carbons (Fsp3) is 0.600. The maximum atomic E-state index is 5.81. The van der Waals surface area contributed by atoms with Gasteiger partial charge in [0.1, 0.15) is 0 Å². The van der Waals surface area contributed by atoms with Gasteiger partial charge in [-0.2, -0.15) is 0 Å². The minimum atomic E-state index is 0.481. The molecule has 0 radical (unpaired) electrons. The van der Waals surface area contributed by atoms with E-state index < -0.39 is 0 Å². The lowest BCUT2D eigenvalue weighted by Crippen LogP contribution is -2.37. The molecule has 1 unspecified atom stereocenters. The molecule has 2 nitrogen and oxygen atoms in total. The Balaban J connectivity index is 1.63. The number of hydrogen-bond acceptors (Lipinski definition) is 2. The zero-order chi connectivity index (χ0) is 11.9. The molecule has 2 heteroatoms. The van der Waals surface area contributed by atoms with Crippen LogP contribution in [0.3, 0.4) is 0 Å². The Bertz CT molecular complexity index is 306. The molecule has 1 saturated carbocycles. The molecule has 0 spiro atoms. The molecule has 0 saturated heterocycles. The Kier molecular flexibility index (Phi) is 5.02. The molecule has 1 aliphatic carbocycles. The summed E-state index contributed by atoms with van der Waals surface area (Å²) in [5, 5.41) is 3.59. The molecule has 1 atom stereocenters. The SMILES string of the molecule is NCC(CCc1ccccc1)NCCC1CC1. The van der Waals surface area contributed by atoms with E-state index in [1.807, 2.05) is 0 Å². The van der Waals surface area contributed by atoms with Crippen LogP contribution in [0, 0.1) is 5.92 Å². The van der Waals surface area contributed by atoms with E-state index in [1.54, 1.807) is 0 Å². The van der Waals surface area contributed by atoms with Crippen LogP contribution in [-0.4, -0.2) is 19.1 Å². The minimum Gasteiger partial charge on any atom is -0.329 e. The van der Waals surface area contributed by atoms with Crippen molar-refractivity contribution in [2.24, 2.45) is 11.7 Å². The highest BCUT2D eigenvalue weighted by Crippen LogP contribution is 2.31. The van der Waals surface area contributed by atoms with Gasteiger partial charge in [0, 0.05) is 12.6 Å². The molecule has 17 heavy (non-hydrogen) atoms. The van der Waals surface area contributed by atoms with Crippen molar-refractivity contribution in [2.75, 3.05) is 13.1 Å². The van der Waals surface area contributed by atoms with Crippen molar-refractivity contribution in [3.63, 3.8) is 0 Å². The molecule has 1 aromatic carbocycles. The largest absolute Gasteiger partial charge is 0.329 e. The summed E-state index contributed by atoms with van der Waals surface area (Å²) < 4.78 is 0. The van der Waals surface area contributed by atoms with Crippen LogP contribution in [0.4, 0.5) is 0 Å². The molecule has 1 aromatic rings. The molecule has 1 fully saturated rings. The molecular weight excluding hydrogens is 208 g/mol. The fourth-order valence-electron chi connectivity index (χ4n) is 2.19. The summed E-state index contributed by atoms with van der Waals surface area (Å²) in [7, 11) is 0. The zero-order valence-corrected chi connectivity index (χ0v) is 10.6. The van der Waals surface area contributed by atoms with E-state index in [9.17, 15) is 0 Å². The molecule has 0 bridgehead atoms. The quantitative estimate of drug-likeness (QED) is 0.722. The number of aryl methyl sites for hydroxylation is 1. The molecule has 1 aliphatic rings. The van der Waals surface area contributed by atoms with Gasteiger partial charge in [0.2, 0.25) is 0 Å². The molecule has 0 aromatic heterocycles. The van der Waals surface area contributed by atoms with E-state index in [-0.39, 0.29) is 0 Å². The van der Waals surface area contributed by atoms with Crippen LogP contribution < -0.4 is 11.1 Å². The smallest absolute Gasteiger partial charge is 0.0193 e. The van der Waals surface area contributed by atoms with Gasteiger partial charge >= 0.3 is 0 Å². The van der Waals surface area contributed by atoms with Crippen molar-refractivity contribution in [1.29, 1.82) is 0 Å². The topological polar surface area (TPSA) is 38.0 Å². The van der Waals surface area contributed by atoms with Crippen LogP contribution in [-0.2, 0) is 6.42 Å². The number of nitrogens with one attached hydrogen (secondary N) is 1. The normalized spacial score (nSPS) is 17.0. The zero-order valence-electron chi connectivity index (χ0n) is 10.6. The third-order valence-electron chi connectivity index (χ3n) is 3.59. The summed E-state index contributed by atoms with van der Waals surface area (Å²) in [5.74, 6) is 1.01. The van der Waals surface area contributed by atoms with Crippen molar-refractivity contribution >= 4 is 0 Å². The second-order valence-electron chi connectivity index (χ2n) is 5.14. The lowest BCUT2D eigenvalue weighted by molar-refractivity contribution is 0.473. The van der Waals surface area contributed by atoms with Gasteiger partial charge in [-0.05, 0) is 37.3 Å². The van der Waals surface area contributed by atoms with E-state index in [4.69, 9.17) is 5.73 Å². The van der Waals surface area contributed by atoms with E-state index in [0.717, 1.165) is 31.8 Å². The lowest BCUT2D eigenvalue weighted by Gasteiger charge is -2.16. The third-order valence-corrected chi connectivity index (χ3v) is 3.59. The second kappa shape index (κ2) is 6.77. The maximum Gasteiger partial charge on any atom is 0.0193 e. The summed E-state index contributed by atoms with van der Waals surface area (Å²) in [6.07, 6.45) is 6.49. The standard InChI is InChI=1S/C15H24N2/c16-12-15(17-11-10-14-6-7-14)9-8-13-4-2-1-3-5-13/h1-5,14-15,17H,6-12,16H2. The molecule has 0 heterocycles. The van der Waals surface area contributed by atoms with Crippen LogP contribution in [0.15, 0.2) is 30.3 Å². The van der Waals surface area contributed by atoms with Gasteiger partial charge in [-0.1, -0.05) is 43.2 Å². The van der Waals surface area contributed by atoms with Gasteiger partial charge in [-0.15, -0.1) is 0 Å². The molecule has 0 aliphatic heterocycles. The Morgan fingerprint density at radius 2 is 2.00 bits per heavy atom. The first-order valence-corrected chi connectivity index (χ1v) is 6.86. The molecule has 2 rings (SSSR count). The van der Waals surface area contributed by atoms with E-state index >= 15 is 0 Å². The molecule has 3 N–H and O–H groups in total. The van der Waals surface area contributed by atoms with E-state index in [0.29, 0.717) is 6.04 Å². The highest BCUT2D eigenvalue weighted by atomic mass is 14.9. The van der Waals surface area contributed by atoms with Gasteiger partial charge in [0.15, 0.2) is 0 Å². The second-order valence-corrected chi connectivity index (χ2v) is 5.14. The van der Waals surface area contributed by atoms with Crippen LogP contribution in [0.1, 0.15) is 31.2 Å². The van der Waals surface area contributed by atoms with E-state index in [1.165, 1.54) is 24.8 Å². The predicted octanol–water partition coefficient (Wildman–Crippen LogP) is 2.34. The number of benzene rings is 1. The highest BCUT2D eigenvalue weighted by molar-refractivity contribution is 5.14. The predicted molar refractivity (Wildman–Crippen MR) is 72.9 cm³/mol. The first-order valence-electron chi connectivity index (χ1n) is 6.86. The Morgan fingerprint density at radius 1 is 1.24 bits per heavy atom. The average Bonchev–Trinajstić information content (AvgIpc) is 3.19. The molecular formula is C15H24N2. The van der Waals surface area contributed by atoms with E-state index in [2.05, 4.69) is 35.6 Å². The number of nitrogens with two attached hydrogens (primary N) is 1. The summed E-state index contributed by atoms with van der Waals surface area (Å²) in [4.78, 5) is 0. The van der Waals surface area contributed by atoms with Crippen LogP contribution in [0.25, 0.3) is 0 Å². The van der Waals surface area contributed by atoms with Gasteiger partial charge in [-0.3, -0.25) is 0 Å². The number of hydrogen-bond donors (Lipinski definition) is 2. The Morgan fingerprint density at radius 3 is 2.65 bits per heavy atom. The molecule has 94 valence electrons. The Labute approximate surface area is 105 Å². The van der Waals surface area contributed by atoms with Gasteiger partial charge < -0.3 is 11.1 Å². The summed E-state index contributed by atoms with van der Waals surface area (Å²) in [6.45, 7) is 1.89. The average molecular weight is 232 g/mol. The van der Waals surface area contributed by atoms with Gasteiger partial charge in [-0.25, -0.2) is 0 Å². The molecule has 0 amide bonds. The van der Waals surface area contributed by atoms with Crippen LogP contribution in [0.2, 0.25) is 0 Å². The third kappa shape index (κ3) is 4.88. The summed E-state index contributed by atoms with van der Waals surface area (Å²) in [6, 6.07) is 11.1. The van der Waals surface area contributed by atoms with Crippen molar-refractivity contribution in [2.45, 2.75) is 38.1 Å². The van der Waals surface area contributed by atoms with Crippen molar-refractivity contribution < 1.29 is 0 Å². The maximum absolute atomic E-state index is 5.81. The minimum absolute atomic E-state index is 0.481. The lowest BCUT2D eigenvalue weighted by atomic mass is 10.1. The fourth-order valence-corrected chi connectivity index (χ4v) is 2.19. The monoisotopic (exact) mass is 232 g/mol. The number of rotatable bonds is 8. The van der Waals surface area contributed by atoms with Gasteiger partial charge in [0.25, 0.3) is 0 Å². The van der Waals surface area contributed by atoms with Crippen LogP contribution in [0.5, 0.6) is 0 Å². The van der Waals surface area contributed by atoms with Crippen LogP contribution >= 0.6 is 0 Å². The van der Waals surface area contributed by atoms with Crippen molar-refractivity contribution in [3.05, 3.63) is 35.9 Å². The van der Waals surface area contributed by atoms with Gasteiger partial charge in [0.05, 0.1) is 0 Å². The first kappa shape index (κ1) is 12.6. The summed E-state index contributed by atoms with van der Waals surface area (Å²) in [5.41, 5.74) is 7.22. The van der Waals surface area contributed by atoms with Crippen molar-refractivity contribution in [3.8, 4) is 0 Å².